The van der Waals surface area contributed by atoms with Crippen molar-refractivity contribution in [1.82, 2.24) is 0 Å². The van der Waals surface area contributed by atoms with Crippen LogP contribution in [0.4, 0.5) is 0 Å². The Morgan fingerprint density at radius 3 is 2.36 bits per heavy atom. The summed E-state index contributed by atoms with van der Waals surface area (Å²) in [6.07, 6.45) is 4.87. The number of ether oxygens (including phenoxy) is 4. The van der Waals surface area contributed by atoms with E-state index in [0.717, 1.165) is 37.7 Å². The number of carbonyl (C=O) groups is 2. The number of methoxy groups -OCH3 is 2. The predicted octanol–water partition coefficient (Wildman–Crippen LogP) is 5.09. The first kappa shape index (κ1) is 27.2. The van der Waals surface area contributed by atoms with Crippen LogP contribution in [0.2, 0.25) is 0 Å². The number of phenolic OH excluding ortho intramolecular Hbond substituents is 2. The zero-order valence-electron chi connectivity index (χ0n) is 21.2. The molecule has 0 unspecified atom stereocenters. The SMILES string of the molecule is CCCCCCCC(=O)O[C@H](c1ccc(O)c(OC)c1)[C@H]1COC(=O)[C@@H]1Cc1ccc(O)c(OC)c1. The summed E-state index contributed by atoms with van der Waals surface area (Å²) < 4.78 is 21.9. The third-order valence-electron chi connectivity index (χ3n) is 6.60. The number of aromatic hydroxyl groups is 2. The molecule has 3 atom stereocenters. The van der Waals surface area contributed by atoms with Gasteiger partial charge in [-0.15, -0.1) is 0 Å². The van der Waals surface area contributed by atoms with E-state index < -0.39 is 17.9 Å². The van der Waals surface area contributed by atoms with Crippen molar-refractivity contribution in [1.29, 1.82) is 0 Å². The predicted molar refractivity (Wildman–Crippen MR) is 133 cm³/mol. The van der Waals surface area contributed by atoms with E-state index in [1.54, 1.807) is 24.3 Å². The van der Waals surface area contributed by atoms with Gasteiger partial charge in [-0.1, -0.05) is 44.7 Å². The van der Waals surface area contributed by atoms with Gasteiger partial charge in [-0.25, -0.2) is 0 Å². The minimum atomic E-state index is -0.766. The number of esters is 2. The van der Waals surface area contributed by atoms with Crippen molar-refractivity contribution in [3.63, 3.8) is 0 Å². The molecule has 2 aromatic rings. The summed E-state index contributed by atoms with van der Waals surface area (Å²) in [6, 6.07) is 9.69. The van der Waals surface area contributed by atoms with Crippen LogP contribution in [0, 0.1) is 11.8 Å². The summed E-state index contributed by atoms with van der Waals surface area (Å²) in [7, 11) is 2.90. The Morgan fingerprint density at radius 2 is 1.67 bits per heavy atom. The van der Waals surface area contributed by atoms with E-state index in [-0.39, 0.29) is 42.2 Å². The molecule has 1 heterocycles. The van der Waals surface area contributed by atoms with Crippen molar-refractivity contribution in [3.05, 3.63) is 47.5 Å². The van der Waals surface area contributed by atoms with Crippen molar-refractivity contribution >= 4 is 11.9 Å². The fourth-order valence-corrected chi connectivity index (χ4v) is 4.56. The van der Waals surface area contributed by atoms with Crippen LogP contribution in [0.5, 0.6) is 23.0 Å². The number of phenols is 2. The van der Waals surface area contributed by atoms with Gasteiger partial charge in [-0.3, -0.25) is 9.59 Å². The molecule has 1 fully saturated rings. The molecule has 0 amide bonds. The first-order valence-corrected chi connectivity index (χ1v) is 12.5. The molecule has 1 saturated heterocycles. The molecule has 0 aromatic heterocycles. The maximum atomic E-state index is 12.8. The molecular weight excluding hydrogens is 464 g/mol. The molecule has 1 aliphatic heterocycles. The molecule has 1 aliphatic rings. The second kappa shape index (κ2) is 13.0. The zero-order chi connectivity index (χ0) is 26.1. The first-order valence-electron chi connectivity index (χ1n) is 12.5. The second-order valence-corrected chi connectivity index (χ2v) is 9.12. The number of rotatable bonds is 13. The normalized spacial score (nSPS) is 17.9. The molecule has 0 spiro atoms. The molecular formula is C28H36O8. The van der Waals surface area contributed by atoms with Crippen LogP contribution in [0.3, 0.4) is 0 Å². The van der Waals surface area contributed by atoms with Crippen molar-refractivity contribution < 1.29 is 38.7 Å². The second-order valence-electron chi connectivity index (χ2n) is 9.12. The first-order chi connectivity index (χ1) is 17.4. The minimum Gasteiger partial charge on any atom is -0.504 e. The van der Waals surface area contributed by atoms with Crippen LogP contribution < -0.4 is 9.47 Å². The van der Waals surface area contributed by atoms with Crippen molar-refractivity contribution in [2.45, 2.75) is 58.0 Å². The Hall–Kier alpha value is -3.42. The van der Waals surface area contributed by atoms with Crippen LogP contribution in [0.1, 0.15) is 62.7 Å². The van der Waals surface area contributed by atoms with E-state index in [2.05, 4.69) is 6.92 Å². The maximum Gasteiger partial charge on any atom is 0.309 e. The maximum absolute atomic E-state index is 12.8. The van der Waals surface area contributed by atoms with Crippen LogP contribution in [-0.2, 0) is 25.5 Å². The van der Waals surface area contributed by atoms with Crippen molar-refractivity contribution in [2.75, 3.05) is 20.8 Å². The third kappa shape index (κ3) is 6.83. The summed E-state index contributed by atoms with van der Waals surface area (Å²) in [5.41, 5.74) is 1.39. The Kier molecular flexibility index (Phi) is 9.85. The van der Waals surface area contributed by atoms with Gasteiger partial charge in [0.15, 0.2) is 23.0 Å². The minimum absolute atomic E-state index is 0.00808. The highest BCUT2D eigenvalue weighted by atomic mass is 16.6. The molecule has 8 heteroatoms. The van der Waals surface area contributed by atoms with Crippen LogP contribution >= 0.6 is 0 Å². The average Bonchev–Trinajstić information content (AvgIpc) is 3.23. The van der Waals surface area contributed by atoms with Gasteiger partial charge in [0.1, 0.15) is 6.10 Å². The van der Waals surface area contributed by atoms with Gasteiger partial charge < -0.3 is 29.2 Å². The van der Waals surface area contributed by atoms with Gasteiger partial charge in [0.05, 0.1) is 26.7 Å². The highest BCUT2D eigenvalue weighted by Crippen LogP contribution is 2.41. The summed E-state index contributed by atoms with van der Waals surface area (Å²) >= 11 is 0. The van der Waals surface area contributed by atoms with Gasteiger partial charge in [-0.05, 0) is 48.2 Å². The monoisotopic (exact) mass is 500 g/mol. The van der Waals surface area contributed by atoms with Crippen molar-refractivity contribution in [2.24, 2.45) is 11.8 Å². The molecule has 3 rings (SSSR count). The van der Waals surface area contributed by atoms with E-state index in [0.29, 0.717) is 17.7 Å². The van der Waals surface area contributed by atoms with Gasteiger partial charge in [-0.2, -0.15) is 0 Å². The molecule has 0 saturated carbocycles. The lowest BCUT2D eigenvalue weighted by Gasteiger charge is -2.27. The smallest absolute Gasteiger partial charge is 0.309 e. The largest absolute Gasteiger partial charge is 0.504 e. The molecule has 2 N–H and O–H groups in total. The average molecular weight is 501 g/mol. The topological polar surface area (TPSA) is 112 Å². The van der Waals surface area contributed by atoms with Crippen molar-refractivity contribution in [3.8, 4) is 23.0 Å². The van der Waals surface area contributed by atoms with E-state index in [9.17, 15) is 19.8 Å². The quantitative estimate of drug-likeness (QED) is 0.289. The molecule has 0 radical (unpaired) electrons. The number of unbranched alkanes of at least 4 members (excludes halogenated alkanes) is 4. The number of hydrogen-bond donors (Lipinski definition) is 2. The molecule has 0 bridgehead atoms. The fourth-order valence-electron chi connectivity index (χ4n) is 4.56. The molecule has 8 nitrogen and oxygen atoms in total. The van der Waals surface area contributed by atoms with E-state index in [1.807, 2.05) is 0 Å². The standard InChI is InChI=1S/C28H36O8/c1-4-5-6-7-8-9-26(31)36-27(19-11-13-23(30)25(16-19)34-3)21-17-35-28(32)20(21)14-18-10-12-22(29)24(15-18)33-2/h10-13,15-16,20-21,27,29-30H,4-9,14,17H2,1-3H3/t20-,21+,27-/m1/s1. The highest BCUT2D eigenvalue weighted by Gasteiger charge is 2.44. The number of benzene rings is 2. The van der Waals surface area contributed by atoms with E-state index in [1.165, 1.54) is 26.4 Å². The molecule has 2 aromatic carbocycles. The summed E-state index contributed by atoms with van der Waals surface area (Å²) in [6.45, 7) is 2.23. The lowest BCUT2D eigenvalue weighted by molar-refractivity contribution is -0.153. The molecule has 196 valence electrons. The Bertz CT molecular complexity index is 1030. The summed E-state index contributed by atoms with van der Waals surface area (Å²) in [5, 5.41) is 20.0. The van der Waals surface area contributed by atoms with Gasteiger partial charge in [0.2, 0.25) is 0 Å². The number of carbonyl (C=O) groups excluding carboxylic acids is 2. The van der Waals surface area contributed by atoms with E-state index in [4.69, 9.17) is 18.9 Å². The third-order valence-corrected chi connectivity index (χ3v) is 6.60. The van der Waals surface area contributed by atoms with Gasteiger partial charge in [0, 0.05) is 12.3 Å². The zero-order valence-corrected chi connectivity index (χ0v) is 21.2. The Morgan fingerprint density at radius 1 is 1.00 bits per heavy atom. The highest BCUT2D eigenvalue weighted by molar-refractivity contribution is 5.76. The van der Waals surface area contributed by atoms with Crippen LogP contribution in [0.25, 0.3) is 0 Å². The van der Waals surface area contributed by atoms with Gasteiger partial charge in [0.25, 0.3) is 0 Å². The van der Waals surface area contributed by atoms with E-state index >= 15 is 0 Å². The van der Waals surface area contributed by atoms with Gasteiger partial charge >= 0.3 is 11.9 Å². The summed E-state index contributed by atoms with van der Waals surface area (Å²) in [5.74, 6) is -1.21. The Balaban J connectivity index is 1.85. The summed E-state index contributed by atoms with van der Waals surface area (Å²) in [4.78, 5) is 25.6. The lowest BCUT2D eigenvalue weighted by Crippen LogP contribution is -2.28. The number of cyclic esters (lactones) is 1. The Labute approximate surface area is 212 Å². The molecule has 36 heavy (non-hydrogen) atoms. The lowest BCUT2D eigenvalue weighted by atomic mass is 9.82. The molecule has 0 aliphatic carbocycles. The van der Waals surface area contributed by atoms with Crippen LogP contribution in [0.15, 0.2) is 36.4 Å². The van der Waals surface area contributed by atoms with Crippen LogP contribution in [-0.4, -0.2) is 43.0 Å². The fraction of sp³-hybridized carbons (Fsp3) is 0.500. The number of hydrogen-bond acceptors (Lipinski definition) is 8.